The molecule has 0 aliphatic carbocycles. The van der Waals surface area contributed by atoms with Gasteiger partial charge in [0.2, 0.25) is 0 Å². The number of aliphatic hydroxyl groups excluding tert-OH is 2. The van der Waals surface area contributed by atoms with Gasteiger partial charge in [-0.1, -0.05) is 24.3 Å². The minimum Gasteiger partial charge on any atom is -0.399 e. The van der Waals surface area contributed by atoms with Crippen molar-refractivity contribution in [3.8, 4) is 0 Å². The van der Waals surface area contributed by atoms with Gasteiger partial charge in [0.1, 0.15) is 6.10 Å². The summed E-state index contributed by atoms with van der Waals surface area (Å²) in [5.41, 5.74) is 8.29. The topological polar surface area (TPSA) is 92.8 Å². The molecule has 3 rings (SSSR count). The summed E-state index contributed by atoms with van der Waals surface area (Å²) < 4.78 is 5.61. The molecule has 2 aromatic carbocycles. The smallest absolute Gasteiger partial charge is 0.193 e. The first-order chi connectivity index (χ1) is 11.1. The summed E-state index contributed by atoms with van der Waals surface area (Å²) in [5, 5.41) is 18.9. The van der Waals surface area contributed by atoms with Crippen LogP contribution in [0.15, 0.2) is 48.5 Å². The molecule has 1 aliphatic heterocycles. The Morgan fingerprint density at radius 2 is 1.65 bits per heavy atom. The van der Waals surface area contributed by atoms with Gasteiger partial charge in [0.25, 0.3) is 0 Å². The zero-order valence-corrected chi connectivity index (χ0v) is 12.6. The minimum absolute atomic E-state index is 0.0721. The predicted octanol–water partition coefficient (Wildman–Crippen LogP) is 1.68. The summed E-state index contributed by atoms with van der Waals surface area (Å²) in [5.74, 6) is -0.0721. The maximum Gasteiger partial charge on any atom is 0.193 e. The third-order valence-electron chi connectivity index (χ3n) is 4.12. The Balaban J connectivity index is 1.75. The van der Waals surface area contributed by atoms with Crippen LogP contribution in [0.1, 0.15) is 34.0 Å². The largest absolute Gasteiger partial charge is 0.399 e. The van der Waals surface area contributed by atoms with Crippen molar-refractivity contribution in [3.63, 3.8) is 0 Å². The molecule has 0 unspecified atom stereocenters. The first-order valence-electron chi connectivity index (χ1n) is 7.53. The van der Waals surface area contributed by atoms with Gasteiger partial charge in [-0.25, -0.2) is 0 Å². The predicted molar refractivity (Wildman–Crippen MR) is 86.1 cm³/mol. The number of carbonyl (C=O) groups excluding carboxylic acids is 1. The highest BCUT2D eigenvalue weighted by atomic mass is 16.5. The number of aliphatic hydroxyl groups is 2. The zero-order valence-electron chi connectivity index (χ0n) is 12.6. The van der Waals surface area contributed by atoms with Crippen LogP contribution in [-0.4, -0.2) is 34.8 Å². The highest BCUT2D eigenvalue weighted by Crippen LogP contribution is 2.33. The van der Waals surface area contributed by atoms with E-state index in [1.165, 1.54) is 0 Å². The molecule has 1 heterocycles. The molecule has 1 saturated heterocycles. The van der Waals surface area contributed by atoms with E-state index in [9.17, 15) is 9.90 Å². The Kier molecular flexibility index (Phi) is 4.43. The van der Waals surface area contributed by atoms with Crippen LogP contribution >= 0.6 is 0 Å². The second-order valence-corrected chi connectivity index (χ2v) is 5.72. The second kappa shape index (κ2) is 6.50. The van der Waals surface area contributed by atoms with Crippen molar-refractivity contribution in [1.29, 1.82) is 0 Å². The molecule has 120 valence electrons. The fourth-order valence-corrected chi connectivity index (χ4v) is 2.76. The SMILES string of the molecule is Nc1ccc(C(=O)c2ccc([C@H]3C[C@H](O)[C@@H](CO)O3)cc2)cc1. The average molecular weight is 313 g/mol. The van der Waals surface area contributed by atoms with E-state index in [2.05, 4.69) is 0 Å². The fraction of sp³-hybridized carbons (Fsp3) is 0.278. The van der Waals surface area contributed by atoms with Crippen LogP contribution in [0, 0.1) is 0 Å². The molecule has 0 spiro atoms. The van der Waals surface area contributed by atoms with E-state index < -0.39 is 12.2 Å². The van der Waals surface area contributed by atoms with Crippen LogP contribution < -0.4 is 5.73 Å². The summed E-state index contributed by atoms with van der Waals surface area (Å²) in [4.78, 5) is 12.4. The molecule has 5 heteroatoms. The minimum atomic E-state index is -0.666. The lowest BCUT2D eigenvalue weighted by Gasteiger charge is -2.12. The Hall–Kier alpha value is -2.21. The first-order valence-corrected chi connectivity index (χ1v) is 7.53. The van der Waals surface area contributed by atoms with E-state index in [-0.39, 0.29) is 18.5 Å². The third-order valence-corrected chi connectivity index (χ3v) is 4.12. The molecule has 3 atom stereocenters. The maximum absolute atomic E-state index is 12.4. The van der Waals surface area contributed by atoms with Gasteiger partial charge < -0.3 is 20.7 Å². The summed E-state index contributed by atoms with van der Waals surface area (Å²) in [6.45, 7) is -0.203. The van der Waals surface area contributed by atoms with Crippen molar-refractivity contribution >= 4 is 11.5 Å². The number of hydrogen-bond donors (Lipinski definition) is 3. The van der Waals surface area contributed by atoms with Gasteiger partial charge in [-0.2, -0.15) is 0 Å². The average Bonchev–Trinajstić information content (AvgIpc) is 2.96. The van der Waals surface area contributed by atoms with Crippen LogP contribution in [-0.2, 0) is 4.74 Å². The van der Waals surface area contributed by atoms with Crippen LogP contribution in [0.25, 0.3) is 0 Å². The van der Waals surface area contributed by atoms with Crippen LogP contribution in [0.4, 0.5) is 5.69 Å². The molecular weight excluding hydrogens is 294 g/mol. The molecule has 0 amide bonds. The Labute approximate surface area is 134 Å². The quantitative estimate of drug-likeness (QED) is 0.590. The zero-order chi connectivity index (χ0) is 16.4. The normalized spacial score (nSPS) is 23.8. The number of carbonyl (C=O) groups is 1. The van der Waals surface area contributed by atoms with Gasteiger partial charge in [-0.05, 0) is 29.8 Å². The molecule has 1 aliphatic rings. The van der Waals surface area contributed by atoms with Gasteiger partial charge >= 0.3 is 0 Å². The van der Waals surface area contributed by atoms with Gasteiger partial charge in [0.05, 0.1) is 18.8 Å². The van der Waals surface area contributed by atoms with Gasteiger partial charge in [-0.3, -0.25) is 4.79 Å². The van der Waals surface area contributed by atoms with E-state index in [4.69, 9.17) is 15.6 Å². The summed E-state index contributed by atoms with van der Waals surface area (Å²) in [6, 6.07) is 13.9. The standard InChI is InChI=1S/C18H19NO4/c19-14-7-5-13(6-8-14)18(22)12-3-1-11(2-4-12)16-9-15(21)17(10-20)23-16/h1-8,15-17,20-21H,9-10,19H2/t15-,16+,17+/m0/s1. The lowest BCUT2D eigenvalue weighted by atomic mass is 9.99. The fourth-order valence-electron chi connectivity index (χ4n) is 2.76. The van der Waals surface area contributed by atoms with Gasteiger partial charge in [0.15, 0.2) is 5.78 Å². The highest BCUT2D eigenvalue weighted by Gasteiger charge is 2.34. The van der Waals surface area contributed by atoms with E-state index in [0.717, 1.165) is 5.56 Å². The number of benzene rings is 2. The van der Waals surface area contributed by atoms with E-state index in [0.29, 0.717) is 23.2 Å². The van der Waals surface area contributed by atoms with Crippen molar-refractivity contribution in [3.05, 3.63) is 65.2 Å². The number of ketones is 1. The van der Waals surface area contributed by atoms with E-state index in [1.54, 1.807) is 36.4 Å². The van der Waals surface area contributed by atoms with Crippen molar-refractivity contribution in [2.75, 3.05) is 12.3 Å². The molecular formula is C18H19NO4. The van der Waals surface area contributed by atoms with Gasteiger partial charge in [-0.15, -0.1) is 0 Å². The summed E-state index contributed by atoms with van der Waals surface area (Å²) in [6.07, 6.45) is -1.03. The number of ether oxygens (including phenoxy) is 1. The van der Waals surface area contributed by atoms with Crippen molar-refractivity contribution in [1.82, 2.24) is 0 Å². The van der Waals surface area contributed by atoms with Crippen LogP contribution in [0.3, 0.4) is 0 Å². The van der Waals surface area contributed by atoms with Crippen molar-refractivity contribution < 1.29 is 19.7 Å². The Bertz CT molecular complexity index is 681. The molecule has 0 bridgehead atoms. The van der Waals surface area contributed by atoms with E-state index in [1.807, 2.05) is 12.1 Å². The molecule has 0 saturated carbocycles. The maximum atomic E-state index is 12.4. The Morgan fingerprint density at radius 1 is 1.09 bits per heavy atom. The molecule has 2 aromatic rings. The molecule has 0 radical (unpaired) electrons. The third kappa shape index (κ3) is 3.27. The molecule has 23 heavy (non-hydrogen) atoms. The number of anilines is 1. The monoisotopic (exact) mass is 313 g/mol. The number of nitrogens with two attached hydrogens (primary N) is 1. The summed E-state index contributed by atoms with van der Waals surface area (Å²) >= 11 is 0. The number of nitrogen functional groups attached to an aromatic ring is 1. The van der Waals surface area contributed by atoms with E-state index >= 15 is 0 Å². The van der Waals surface area contributed by atoms with Crippen LogP contribution in [0.2, 0.25) is 0 Å². The summed E-state index contributed by atoms with van der Waals surface area (Å²) in [7, 11) is 0. The number of hydrogen-bond acceptors (Lipinski definition) is 5. The lowest BCUT2D eigenvalue weighted by molar-refractivity contribution is -0.0225. The second-order valence-electron chi connectivity index (χ2n) is 5.72. The Morgan fingerprint density at radius 3 is 2.17 bits per heavy atom. The molecule has 4 N–H and O–H groups in total. The van der Waals surface area contributed by atoms with Crippen LogP contribution in [0.5, 0.6) is 0 Å². The lowest BCUT2D eigenvalue weighted by Crippen LogP contribution is -2.24. The molecule has 0 aromatic heterocycles. The first kappa shape index (κ1) is 15.7. The van der Waals surface area contributed by atoms with Gasteiger partial charge in [0, 0.05) is 23.2 Å². The van der Waals surface area contributed by atoms with Crippen molar-refractivity contribution in [2.24, 2.45) is 0 Å². The molecule has 5 nitrogen and oxygen atoms in total. The number of rotatable bonds is 4. The molecule has 1 fully saturated rings. The van der Waals surface area contributed by atoms with Crippen molar-refractivity contribution in [2.45, 2.75) is 24.7 Å². The highest BCUT2D eigenvalue weighted by molar-refractivity contribution is 6.09.